The van der Waals surface area contributed by atoms with Gasteiger partial charge in [-0.1, -0.05) is 0 Å². The topological polar surface area (TPSA) is 17.0 Å². The first kappa shape index (κ1) is 20.9. The summed E-state index contributed by atoms with van der Waals surface area (Å²) in [6.45, 7) is 10.8. The Labute approximate surface area is 238 Å². The molecule has 9 aliphatic rings. The number of nitrogens with one attached hydrogen (secondary N) is 1. The van der Waals surface area contributed by atoms with Crippen LogP contribution in [0.25, 0.3) is 27.5 Å². The average molecular weight is 532 g/mol. The van der Waals surface area contributed by atoms with Crippen LogP contribution in [0.4, 0.5) is 0 Å². The Morgan fingerprint density at radius 1 is 0.825 bits per heavy atom. The second-order valence-corrected chi connectivity index (χ2v) is 25.3. The van der Waals surface area contributed by atoms with Crippen LogP contribution in [0, 0.1) is 0 Å². The van der Waals surface area contributed by atoms with Gasteiger partial charge in [0.1, 0.15) is 0 Å². The average Bonchev–Trinajstić information content (AvgIpc) is 3.91. The van der Waals surface area contributed by atoms with Gasteiger partial charge in [0, 0.05) is 0 Å². The van der Waals surface area contributed by atoms with Crippen molar-refractivity contribution >= 4 is 115 Å². The molecule has 1 N–H and O–H groups in total. The summed E-state index contributed by atoms with van der Waals surface area (Å²) in [5.41, 5.74) is 12.0. The normalized spacial score (nSPS) is 27.9. The summed E-state index contributed by atoms with van der Waals surface area (Å²) >= 11 is 0. The van der Waals surface area contributed by atoms with Crippen LogP contribution in [-0.2, 0) is 5.41 Å². The second-order valence-electron chi connectivity index (χ2n) is 14.9. The number of fused-ring (bicyclic) bond motifs is 8. The SMILES string of the molecule is CC1(C)c2cccc3c2B(c2c1cccc2P12(NP456[B]B4B5[B-]6)B4[B-]B1B42)c1cccc2c4ccccc4n-3c12. The van der Waals surface area contributed by atoms with Gasteiger partial charge < -0.3 is 0 Å². The molecule has 1 aromatic heterocycles. The molecule has 4 aromatic carbocycles. The molecule has 0 unspecified atom stereocenters. The standard InChI is InChI=1S/C27H20B9N2P2/c1-27(2)18-10-6-14-22-24(18)31(20-12-5-9-17-16-8-3-4-13-21(16)38(22)26(17)20)25-19(27)11-7-15-23(25)39(32-28-33(39)36(32)39)37-40-29-34(40)35(40)30-40/h3-15,37H,1-2H3/q-2. The fraction of sp³-hybridized carbons (Fsp3) is 0.111. The Balaban J connectivity index is 1.19. The third-order valence-electron chi connectivity index (χ3n) is 13.6. The number of hydrogen-bond acceptors (Lipinski definition) is 1. The van der Waals surface area contributed by atoms with Crippen molar-refractivity contribution < 1.29 is 0 Å². The van der Waals surface area contributed by atoms with E-state index in [1.165, 1.54) is 38.5 Å². The zero-order valence-corrected chi connectivity index (χ0v) is 24.3. The molecule has 40 heavy (non-hydrogen) atoms. The molecule has 0 aliphatic carbocycles. The summed E-state index contributed by atoms with van der Waals surface area (Å²) in [4.78, 5) is 4.77. The van der Waals surface area contributed by atoms with Gasteiger partial charge >= 0.3 is 239 Å². The predicted molar refractivity (Wildman–Crippen MR) is 187 cm³/mol. The van der Waals surface area contributed by atoms with Crippen LogP contribution in [-0.4, -0.2) is 63.2 Å². The van der Waals surface area contributed by atoms with Crippen LogP contribution in [0.2, 0.25) is 0 Å². The van der Waals surface area contributed by atoms with Gasteiger partial charge in [-0.2, -0.15) is 0 Å². The summed E-state index contributed by atoms with van der Waals surface area (Å²) in [6, 6.07) is 30.9. The summed E-state index contributed by atoms with van der Waals surface area (Å²) in [5.74, 6) is 0. The molecule has 14 rings (SSSR count). The van der Waals surface area contributed by atoms with Crippen molar-refractivity contribution in [2.75, 3.05) is 0 Å². The van der Waals surface area contributed by atoms with Crippen molar-refractivity contribution in [2.24, 2.45) is 0 Å². The maximum atomic E-state index is 4.77. The molecule has 5 radical (unpaired) electrons. The Bertz CT molecular complexity index is 2190. The van der Waals surface area contributed by atoms with Crippen LogP contribution in [0.1, 0.15) is 25.0 Å². The van der Waals surface area contributed by atoms with Crippen molar-refractivity contribution in [2.45, 2.75) is 19.3 Å². The van der Waals surface area contributed by atoms with E-state index in [1.807, 2.05) is 0 Å². The molecule has 10 heterocycles. The minimum atomic E-state index is -2.08. The van der Waals surface area contributed by atoms with Crippen LogP contribution < -0.4 is 26.6 Å². The zero-order chi connectivity index (χ0) is 25.8. The molecular formula is C27H20B9N2P2-2. The molecule has 2 nitrogen and oxygen atoms in total. The summed E-state index contributed by atoms with van der Waals surface area (Å²) in [7, 11) is 2.74. The first-order valence-electron chi connectivity index (χ1n) is 15.2. The van der Waals surface area contributed by atoms with Crippen LogP contribution in [0.3, 0.4) is 0 Å². The van der Waals surface area contributed by atoms with Crippen molar-refractivity contribution in [3.63, 3.8) is 0 Å². The quantitative estimate of drug-likeness (QED) is 0.271. The van der Waals surface area contributed by atoms with Crippen molar-refractivity contribution in [1.82, 2.24) is 9.42 Å². The van der Waals surface area contributed by atoms with E-state index in [-0.39, 0.29) is 5.41 Å². The molecule has 7 saturated heterocycles. The van der Waals surface area contributed by atoms with Gasteiger partial charge in [-0.25, -0.2) is 0 Å². The molecule has 13 heteroatoms. The number of para-hydroxylation sites is 2. The van der Waals surface area contributed by atoms with Crippen LogP contribution in [0.15, 0.2) is 78.9 Å². The van der Waals surface area contributed by atoms with E-state index in [0.29, 0.717) is 6.71 Å². The second kappa shape index (κ2) is 5.34. The van der Waals surface area contributed by atoms with Crippen LogP contribution in [0.5, 0.6) is 0 Å². The number of nitrogens with zero attached hydrogens (tertiary/aromatic N) is 1. The van der Waals surface area contributed by atoms with E-state index in [2.05, 4.69) is 118 Å². The van der Waals surface area contributed by atoms with Crippen molar-refractivity contribution in [1.29, 1.82) is 0 Å². The molecule has 9 aliphatic heterocycles. The minimum absolute atomic E-state index is 0.0328. The molecule has 0 saturated carbocycles. The molecule has 177 valence electrons. The summed E-state index contributed by atoms with van der Waals surface area (Å²) < 4.78 is 2.60. The molecule has 0 amide bonds. The fourth-order valence-corrected chi connectivity index (χ4v) is 30.8. The zero-order valence-electron chi connectivity index (χ0n) is 22.5. The number of benzene rings is 4. The van der Waals surface area contributed by atoms with E-state index in [9.17, 15) is 0 Å². The molecule has 7 fully saturated rings. The first-order chi connectivity index (χ1) is 19.5. The molecule has 0 atom stereocenters. The predicted octanol–water partition coefficient (Wildman–Crippen LogP) is 1.61. The number of aromatic nitrogens is 1. The van der Waals surface area contributed by atoms with E-state index in [4.69, 9.17) is 4.86 Å². The summed E-state index contributed by atoms with van der Waals surface area (Å²) in [6.07, 6.45) is 0.942. The van der Waals surface area contributed by atoms with Gasteiger partial charge in [-0.05, 0) is 0 Å². The van der Waals surface area contributed by atoms with E-state index < -0.39 is 12.7 Å². The summed E-state index contributed by atoms with van der Waals surface area (Å²) in [5, 5.41) is 4.57. The number of rotatable bonds is 3. The Morgan fingerprint density at radius 3 is 2.27 bits per heavy atom. The third kappa shape index (κ3) is 1.63. The molecule has 2 bridgehead atoms. The molecule has 1 spiro atoms. The Kier molecular flexibility index (Phi) is 2.79. The van der Waals surface area contributed by atoms with Gasteiger partial charge in [-0.3, -0.25) is 0 Å². The van der Waals surface area contributed by atoms with Gasteiger partial charge in [0.2, 0.25) is 0 Å². The fourth-order valence-electron chi connectivity index (χ4n) is 11.3. The maximum absolute atomic E-state index is 4.77. The van der Waals surface area contributed by atoms with Gasteiger partial charge in [0.15, 0.2) is 0 Å². The van der Waals surface area contributed by atoms with Crippen LogP contribution >= 0.6 is 12.7 Å². The van der Waals surface area contributed by atoms with Gasteiger partial charge in [0.05, 0.1) is 0 Å². The monoisotopic (exact) mass is 533 g/mol. The van der Waals surface area contributed by atoms with E-state index in [1.54, 1.807) is 21.8 Å². The Hall–Kier alpha value is -1.92. The van der Waals surface area contributed by atoms with Crippen molar-refractivity contribution in [3.05, 3.63) is 90.0 Å². The third-order valence-corrected chi connectivity index (χ3v) is 28.0. The van der Waals surface area contributed by atoms with Crippen molar-refractivity contribution in [3.8, 4) is 5.69 Å². The van der Waals surface area contributed by atoms with E-state index in [0.717, 1.165) is 31.1 Å². The van der Waals surface area contributed by atoms with Gasteiger partial charge in [0.25, 0.3) is 0 Å². The first-order valence-corrected chi connectivity index (χ1v) is 20.1. The molecule has 5 aromatic rings. The van der Waals surface area contributed by atoms with E-state index >= 15 is 0 Å². The Morgan fingerprint density at radius 2 is 1.55 bits per heavy atom. The van der Waals surface area contributed by atoms with Gasteiger partial charge in [-0.15, -0.1) is 0 Å². The number of hydrogen-bond donors (Lipinski definition) is 1. The molecular weight excluding hydrogens is 512 g/mol.